The number of carbonyl (C=O) groups is 1. The van der Waals surface area contributed by atoms with E-state index in [0.29, 0.717) is 5.75 Å². The first-order chi connectivity index (χ1) is 14.2. The van der Waals surface area contributed by atoms with E-state index >= 15 is 0 Å². The Morgan fingerprint density at radius 1 is 0.793 bits per heavy atom. The summed E-state index contributed by atoms with van der Waals surface area (Å²) in [4.78, 5) is 12.2. The Balaban J connectivity index is 1.31. The van der Waals surface area contributed by atoms with Crippen molar-refractivity contribution in [1.82, 2.24) is 4.57 Å². The molecule has 29 heavy (non-hydrogen) atoms. The normalized spacial score (nSPS) is 10.5. The number of rotatable bonds is 6. The second-order valence-corrected chi connectivity index (χ2v) is 6.87. The van der Waals surface area contributed by atoms with Crippen LogP contribution >= 0.6 is 0 Å². The van der Waals surface area contributed by atoms with Crippen LogP contribution in [0.2, 0.25) is 0 Å². The molecule has 0 bridgehead atoms. The van der Waals surface area contributed by atoms with Gasteiger partial charge in [-0.05, 0) is 52.6 Å². The Labute approximate surface area is 170 Å². The lowest BCUT2D eigenvalue weighted by molar-refractivity contribution is -0.118. The molecule has 0 saturated carbocycles. The van der Waals surface area contributed by atoms with Gasteiger partial charge in [0.2, 0.25) is 0 Å². The summed E-state index contributed by atoms with van der Waals surface area (Å²) in [6.45, 7) is -0.0366. The van der Waals surface area contributed by atoms with Gasteiger partial charge in [-0.3, -0.25) is 4.79 Å². The van der Waals surface area contributed by atoms with Gasteiger partial charge in [-0.2, -0.15) is 0 Å². The number of nitrogens with zero attached hydrogens (tertiary/aromatic N) is 1. The van der Waals surface area contributed by atoms with E-state index in [9.17, 15) is 4.79 Å². The van der Waals surface area contributed by atoms with Crippen LogP contribution in [0.25, 0.3) is 22.3 Å². The zero-order valence-corrected chi connectivity index (χ0v) is 16.2. The first-order valence-electron chi connectivity index (χ1n) is 9.48. The Morgan fingerprint density at radius 2 is 1.41 bits per heavy atom. The quantitative estimate of drug-likeness (QED) is 0.487. The van der Waals surface area contributed by atoms with E-state index < -0.39 is 0 Å². The van der Waals surface area contributed by atoms with Gasteiger partial charge >= 0.3 is 0 Å². The van der Waals surface area contributed by atoms with Crippen LogP contribution in [0.5, 0.6) is 5.75 Å². The first kappa shape index (κ1) is 18.6. The van der Waals surface area contributed by atoms with E-state index in [4.69, 9.17) is 4.74 Å². The van der Waals surface area contributed by atoms with Crippen molar-refractivity contribution in [3.05, 3.63) is 97.3 Å². The molecule has 4 rings (SSSR count). The van der Waals surface area contributed by atoms with Crippen LogP contribution in [0.1, 0.15) is 0 Å². The number of ether oxygens (including phenoxy) is 1. The molecule has 4 nitrogen and oxygen atoms in total. The molecule has 0 atom stereocenters. The molecule has 1 heterocycles. The summed E-state index contributed by atoms with van der Waals surface area (Å²) in [6, 6.07) is 27.7. The van der Waals surface area contributed by atoms with E-state index in [1.807, 2.05) is 84.5 Å². The first-order valence-corrected chi connectivity index (χ1v) is 9.48. The van der Waals surface area contributed by atoms with Crippen LogP contribution in [0.4, 0.5) is 5.69 Å². The smallest absolute Gasteiger partial charge is 0.262 e. The summed E-state index contributed by atoms with van der Waals surface area (Å²) in [6.07, 6.45) is 4.07. The molecule has 144 valence electrons. The predicted octanol–water partition coefficient (Wildman–Crippen LogP) is 5.38. The summed E-state index contributed by atoms with van der Waals surface area (Å²) in [5, 5.41) is 2.86. The van der Waals surface area contributed by atoms with E-state index in [1.54, 1.807) is 0 Å². The molecule has 4 aromatic rings. The highest BCUT2D eigenvalue weighted by molar-refractivity contribution is 5.92. The van der Waals surface area contributed by atoms with Gasteiger partial charge in [-0.25, -0.2) is 0 Å². The minimum atomic E-state index is -0.190. The third-order valence-corrected chi connectivity index (χ3v) is 4.67. The maximum absolute atomic E-state index is 12.2. The second kappa shape index (κ2) is 8.48. The molecule has 0 unspecified atom stereocenters. The summed E-state index contributed by atoms with van der Waals surface area (Å²) >= 11 is 0. The lowest BCUT2D eigenvalue weighted by Crippen LogP contribution is -2.20. The van der Waals surface area contributed by atoms with Gasteiger partial charge in [-0.15, -0.1) is 0 Å². The predicted molar refractivity (Wildman–Crippen MR) is 117 cm³/mol. The van der Waals surface area contributed by atoms with Gasteiger partial charge in [0.1, 0.15) is 5.75 Å². The van der Waals surface area contributed by atoms with Crippen molar-refractivity contribution in [2.45, 2.75) is 0 Å². The standard InChI is InChI=1S/C25H22N2O2/c1-27-16-15-22(17-27)21-9-13-24(14-10-21)29-18-25(28)26-23-11-7-20(8-12-23)19-5-3-2-4-6-19/h2-17H,18H2,1H3,(H,26,28). The molecule has 0 aliphatic rings. The number of amides is 1. The SMILES string of the molecule is Cn1ccc(-c2ccc(OCC(=O)Nc3ccc(-c4ccccc4)cc3)cc2)c1. The van der Waals surface area contributed by atoms with Crippen molar-refractivity contribution in [2.24, 2.45) is 7.05 Å². The van der Waals surface area contributed by atoms with Crippen molar-refractivity contribution >= 4 is 11.6 Å². The number of carbonyl (C=O) groups excluding carboxylic acids is 1. The number of aromatic nitrogens is 1. The van der Waals surface area contributed by atoms with E-state index in [0.717, 1.165) is 27.9 Å². The molecule has 0 radical (unpaired) electrons. The molecule has 1 N–H and O–H groups in total. The van der Waals surface area contributed by atoms with Crippen LogP contribution in [0.15, 0.2) is 97.3 Å². The van der Waals surface area contributed by atoms with Crippen molar-refractivity contribution in [3.8, 4) is 28.0 Å². The third-order valence-electron chi connectivity index (χ3n) is 4.67. The Bertz CT molecular complexity index is 1080. The van der Waals surface area contributed by atoms with Crippen LogP contribution < -0.4 is 10.1 Å². The average Bonchev–Trinajstić information content (AvgIpc) is 3.20. The third kappa shape index (κ3) is 4.74. The minimum Gasteiger partial charge on any atom is -0.484 e. The van der Waals surface area contributed by atoms with E-state index in [-0.39, 0.29) is 12.5 Å². The zero-order chi connectivity index (χ0) is 20.1. The van der Waals surface area contributed by atoms with Gasteiger partial charge in [0.25, 0.3) is 5.91 Å². The van der Waals surface area contributed by atoms with Crippen LogP contribution in [-0.4, -0.2) is 17.1 Å². The maximum Gasteiger partial charge on any atom is 0.262 e. The summed E-state index contributed by atoms with van der Waals surface area (Å²) < 4.78 is 7.62. The summed E-state index contributed by atoms with van der Waals surface area (Å²) in [7, 11) is 1.99. The largest absolute Gasteiger partial charge is 0.484 e. The molecule has 0 aliphatic carbocycles. The van der Waals surface area contributed by atoms with Gasteiger partial charge in [0, 0.05) is 25.1 Å². The fourth-order valence-electron chi connectivity index (χ4n) is 3.14. The van der Waals surface area contributed by atoms with Crippen molar-refractivity contribution < 1.29 is 9.53 Å². The molecule has 0 aliphatic heterocycles. The molecular formula is C25H22N2O2. The molecule has 1 aromatic heterocycles. The fraction of sp³-hybridized carbons (Fsp3) is 0.0800. The Hall–Kier alpha value is -3.79. The minimum absolute atomic E-state index is 0.0366. The number of hydrogen-bond acceptors (Lipinski definition) is 2. The lowest BCUT2D eigenvalue weighted by atomic mass is 10.1. The van der Waals surface area contributed by atoms with Gasteiger partial charge in [-0.1, -0.05) is 54.6 Å². The van der Waals surface area contributed by atoms with Crippen molar-refractivity contribution in [1.29, 1.82) is 0 Å². The van der Waals surface area contributed by atoms with Crippen LogP contribution in [-0.2, 0) is 11.8 Å². The maximum atomic E-state index is 12.2. The second-order valence-electron chi connectivity index (χ2n) is 6.87. The van der Waals surface area contributed by atoms with Gasteiger partial charge < -0.3 is 14.6 Å². The molecule has 3 aromatic carbocycles. The fourth-order valence-corrected chi connectivity index (χ4v) is 3.14. The highest BCUT2D eigenvalue weighted by Crippen LogP contribution is 2.23. The highest BCUT2D eigenvalue weighted by atomic mass is 16.5. The molecule has 4 heteroatoms. The van der Waals surface area contributed by atoms with Crippen LogP contribution in [0, 0.1) is 0 Å². The monoisotopic (exact) mass is 382 g/mol. The Morgan fingerprint density at radius 3 is 2.07 bits per heavy atom. The van der Waals surface area contributed by atoms with Gasteiger partial charge in [0.05, 0.1) is 0 Å². The average molecular weight is 382 g/mol. The number of benzene rings is 3. The topological polar surface area (TPSA) is 43.3 Å². The van der Waals surface area contributed by atoms with Crippen LogP contribution in [0.3, 0.4) is 0 Å². The van der Waals surface area contributed by atoms with Crippen molar-refractivity contribution in [2.75, 3.05) is 11.9 Å². The molecular weight excluding hydrogens is 360 g/mol. The molecule has 0 fully saturated rings. The highest BCUT2D eigenvalue weighted by Gasteiger charge is 2.05. The number of nitrogens with one attached hydrogen (secondary N) is 1. The van der Waals surface area contributed by atoms with E-state index in [2.05, 4.69) is 29.7 Å². The molecule has 0 saturated heterocycles. The summed E-state index contributed by atoms with van der Waals surface area (Å²) in [5.41, 5.74) is 5.26. The van der Waals surface area contributed by atoms with Gasteiger partial charge in [0.15, 0.2) is 6.61 Å². The van der Waals surface area contributed by atoms with Crippen molar-refractivity contribution in [3.63, 3.8) is 0 Å². The molecule has 0 spiro atoms. The lowest BCUT2D eigenvalue weighted by Gasteiger charge is -2.09. The number of anilines is 1. The number of aryl methyl sites for hydroxylation is 1. The van der Waals surface area contributed by atoms with E-state index in [1.165, 1.54) is 0 Å². The Kier molecular flexibility index (Phi) is 5.43. The number of hydrogen-bond donors (Lipinski definition) is 1. The zero-order valence-electron chi connectivity index (χ0n) is 16.2. The summed E-state index contributed by atoms with van der Waals surface area (Å²) in [5.74, 6) is 0.476. The molecule has 1 amide bonds.